The molecule has 202 valence electrons. The lowest BCUT2D eigenvalue weighted by atomic mass is 10.0. The molecule has 12 heteroatoms. The molecule has 0 fully saturated rings. The predicted molar refractivity (Wildman–Crippen MR) is 143 cm³/mol. The van der Waals surface area contributed by atoms with Crippen molar-refractivity contribution in [3.63, 3.8) is 0 Å². The minimum Gasteiger partial charge on any atom is -0.366 e. The van der Waals surface area contributed by atoms with Gasteiger partial charge in [0.25, 0.3) is 11.1 Å². The number of carbonyl (C=O) groups is 1. The van der Waals surface area contributed by atoms with E-state index in [2.05, 4.69) is 4.98 Å². The van der Waals surface area contributed by atoms with Gasteiger partial charge in [0.2, 0.25) is 5.91 Å². The third-order valence-electron chi connectivity index (χ3n) is 6.40. The summed E-state index contributed by atoms with van der Waals surface area (Å²) in [6.45, 7) is -0.836. The van der Waals surface area contributed by atoms with Gasteiger partial charge in [-0.3, -0.25) is 23.5 Å². The van der Waals surface area contributed by atoms with Crippen molar-refractivity contribution in [2.24, 2.45) is 5.73 Å². The fourth-order valence-electron chi connectivity index (χ4n) is 4.41. The molecule has 0 aliphatic rings. The number of aromatic nitrogens is 3. The van der Waals surface area contributed by atoms with Gasteiger partial charge in [-0.2, -0.15) is 0 Å². The van der Waals surface area contributed by atoms with E-state index in [4.69, 9.17) is 17.3 Å². The lowest BCUT2D eigenvalue weighted by Gasteiger charge is -2.16. The third-order valence-corrected chi connectivity index (χ3v) is 6.73. The Labute approximate surface area is 227 Å². The van der Waals surface area contributed by atoms with E-state index in [1.165, 1.54) is 48.7 Å². The molecule has 0 aliphatic heterocycles. The number of benzene rings is 3. The number of amides is 1. The summed E-state index contributed by atoms with van der Waals surface area (Å²) < 4.78 is 43.5. The lowest BCUT2D eigenvalue weighted by molar-refractivity contribution is 0.100. The van der Waals surface area contributed by atoms with Crippen LogP contribution in [0.5, 0.6) is 0 Å². The minimum absolute atomic E-state index is 0.0425. The van der Waals surface area contributed by atoms with Gasteiger partial charge in [0.1, 0.15) is 0 Å². The van der Waals surface area contributed by atoms with Crippen molar-refractivity contribution in [3.8, 4) is 11.1 Å². The molecule has 0 radical (unpaired) electrons. The predicted octanol–water partition coefficient (Wildman–Crippen LogP) is 3.78. The Balaban J connectivity index is 1.78. The SMILES string of the molecule is NC(=O)c1ccc(Cl)c(-c2ccc3c(=O)n(Cc4ccc[nH]c4=O)c(=O)n(Cc4cc(F)c(F)c(F)c4)c3c2)c1. The first-order chi connectivity index (χ1) is 19.0. The van der Waals surface area contributed by atoms with Crippen LogP contribution < -0.4 is 22.5 Å². The number of hydrogen-bond acceptors (Lipinski definition) is 4. The highest BCUT2D eigenvalue weighted by Crippen LogP contribution is 2.31. The molecule has 0 spiro atoms. The molecule has 0 saturated heterocycles. The first-order valence-electron chi connectivity index (χ1n) is 11.7. The molecule has 2 heterocycles. The van der Waals surface area contributed by atoms with E-state index < -0.39 is 46.7 Å². The summed E-state index contributed by atoms with van der Waals surface area (Å²) >= 11 is 6.36. The van der Waals surface area contributed by atoms with Gasteiger partial charge in [-0.25, -0.2) is 18.0 Å². The molecule has 1 amide bonds. The quantitative estimate of drug-likeness (QED) is 0.304. The minimum atomic E-state index is -1.67. The monoisotopic (exact) mass is 566 g/mol. The summed E-state index contributed by atoms with van der Waals surface area (Å²) in [5.74, 6) is -5.27. The van der Waals surface area contributed by atoms with Crippen LogP contribution in [0.15, 0.2) is 81.2 Å². The number of rotatable bonds is 6. The van der Waals surface area contributed by atoms with Crippen molar-refractivity contribution in [2.45, 2.75) is 13.1 Å². The van der Waals surface area contributed by atoms with Crippen LogP contribution in [0.4, 0.5) is 13.2 Å². The van der Waals surface area contributed by atoms with E-state index in [-0.39, 0.29) is 39.2 Å². The van der Waals surface area contributed by atoms with Gasteiger partial charge in [-0.1, -0.05) is 23.7 Å². The van der Waals surface area contributed by atoms with Crippen molar-refractivity contribution in [1.29, 1.82) is 0 Å². The second-order valence-corrected chi connectivity index (χ2v) is 9.36. The average molecular weight is 567 g/mol. The molecular weight excluding hydrogens is 549 g/mol. The number of nitrogens with one attached hydrogen (secondary N) is 1. The first kappa shape index (κ1) is 26.7. The molecule has 3 aromatic carbocycles. The third kappa shape index (κ3) is 4.82. The van der Waals surface area contributed by atoms with Crippen LogP contribution in [0, 0.1) is 17.5 Å². The number of carbonyl (C=O) groups excluding carboxylic acids is 1. The van der Waals surface area contributed by atoms with Crippen molar-refractivity contribution >= 4 is 28.4 Å². The molecule has 0 aliphatic carbocycles. The van der Waals surface area contributed by atoms with Crippen LogP contribution in [0.1, 0.15) is 21.5 Å². The number of halogens is 4. The highest BCUT2D eigenvalue weighted by molar-refractivity contribution is 6.33. The zero-order valence-electron chi connectivity index (χ0n) is 20.4. The zero-order valence-corrected chi connectivity index (χ0v) is 21.1. The maximum absolute atomic E-state index is 14.0. The van der Waals surface area contributed by atoms with Crippen molar-refractivity contribution in [3.05, 3.63) is 137 Å². The van der Waals surface area contributed by atoms with Crippen LogP contribution in [-0.4, -0.2) is 20.0 Å². The van der Waals surface area contributed by atoms with Gasteiger partial charge in [0.15, 0.2) is 17.5 Å². The number of hydrogen-bond donors (Lipinski definition) is 2. The Morgan fingerprint density at radius 2 is 1.62 bits per heavy atom. The number of pyridine rings is 1. The topological polar surface area (TPSA) is 120 Å². The van der Waals surface area contributed by atoms with Gasteiger partial charge >= 0.3 is 5.69 Å². The van der Waals surface area contributed by atoms with Crippen LogP contribution in [0.3, 0.4) is 0 Å². The van der Waals surface area contributed by atoms with E-state index in [0.717, 1.165) is 21.3 Å². The Bertz CT molecular complexity index is 1990. The molecule has 40 heavy (non-hydrogen) atoms. The Morgan fingerprint density at radius 1 is 0.900 bits per heavy atom. The zero-order chi connectivity index (χ0) is 28.7. The number of nitrogens with zero attached hydrogens (tertiary/aromatic N) is 2. The molecule has 0 atom stereocenters. The largest absolute Gasteiger partial charge is 0.366 e. The smallest absolute Gasteiger partial charge is 0.332 e. The molecule has 0 bridgehead atoms. The van der Waals surface area contributed by atoms with E-state index in [0.29, 0.717) is 11.1 Å². The van der Waals surface area contributed by atoms with Crippen LogP contribution in [0.2, 0.25) is 5.02 Å². The number of fused-ring (bicyclic) bond motifs is 1. The number of H-pyrrole nitrogens is 1. The summed E-state index contributed by atoms with van der Waals surface area (Å²) in [6, 6.07) is 13.2. The van der Waals surface area contributed by atoms with Gasteiger partial charge < -0.3 is 10.7 Å². The number of nitrogens with two attached hydrogens (primary N) is 1. The normalized spacial score (nSPS) is 11.2. The fraction of sp³-hybridized carbons (Fsp3) is 0.0714. The van der Waals surface area contributed by atoms with Crippen LogP contribution in [0.25, 0.3) is 22.0 Å². The molecule has 8 nitrogen and oxygen atoms in total. The first-order valence-corrected chi connectivity index (χ1v) is 12.1. The fourth-order valence-corrected chi connectivity index (χ4v) is 4.64. The second kappa shape index (κ2) is 10.3. The Kier molecular flexibility index (Phi) is 6.90. The Hall–Kier alpha value is -4.90. The second-order valence-electron chi connectivity index (χ2n) is 8.95. The standard InChI is InChI=1S/C28H18ClF3N4O4/c29-20-6-4-16(25(33)37)10-19(20)15-3-5-18-23(11-15)35(12-14-8-21(30)24(32)22(31)9-14)28(40)36(27(18)39)13-17-2-1-7-34-26(17)38/h1-11H,12-13H2,(H2,33,37)(H,34,38). The number of aromatic amines is 1. The maximum Gasteiger partial charge on any atom is 0.332 e. The summed E-state index contributed by atoms with van der Waals surface area (Å²) in [4.78, 5) is 53.6. The summed E-state index contributed by atoms with van der Waals surface area (Å²) in [5, 5.41) is 0.290. The molecule has 3 N–H and O–H groups in total. The van der Waals surface area contributed by atoms with Crippen LogP contribution >= 0.6 is 11.6 Å². The van der Waals surface area contributed by atoms with Crippen LogP contribution in [-0.2, 0) is 13.1 Å². The van der Waals surface area contributed by atoms with E-state index in [1.807, 2.05) is 0 Å². The van der Waals surface area contributed by atoms with Gasteiger partial charge in [0.05, 0.1) is 24.0 Å². The van der Waals surface area contributed by atoms with Gasteiger partial charge in [-0.15, -0.1) is 0 Å². The van der Waals surface area contributed by atoms with Gasteiger partial charge in [-0.05, 0) is 59.7 Å². The number of primary amides is 1. The summed E-state index contributed by atoms with van der Waals surface area (Å²) in [7, 11) is 0. The molecular formula is C28H18ClF3N4O4. The highest BCUT2D eigenvalue weighted by Gasteiger charge is 2.18. The molecule has 5 aromatic rings. The highest BCUT2D eigenvalue weighted by atomic mass is 35.5. The van der Waals surface area contributed by atoms with E-state index in [9.17, 15) is 32.3 Å². The van der Waals surface area contributed by atoms with Crippen molar-refractivity contribution in [1.82, 2.24) is 14.1 Å². The maximum atomic E-state index is 14.0. The Morgan fingerprint density at radius 3 is 2.30 bits per heavy atom. The molecule has 5 rings (SSSR count). The summed E-state index contributed by atoms with van der Waals surface area (Å²) in [5.41, 5.74) is 4.31. The van der Waals surface area contributed by atoms with E-state index in [1.54, 1.807) is 6.07 Å². The molecule has 0 saturated carbocycles. The van der Waals surface area contributed by atoms with Crippen molar-refractivity contribution in [2.75, 3.05) is 0 Å². The van der Waals surface area contributed by atoms with Gasteiger partial charge in [0, 0.05) is 27.9 Å². The molecule has 0 unspecified atom stereocenters. The van der Waals surface area contributed by atoms with E-state index >= 15 is 0 Å². The lowest BCUT2D eigenvalue weighted by Crippen LogP contribution is -2.41. The molecule has 2 aromatic heterocycles. The summed E-state index contributed by atoms with van der Waals surface area (Å²) in [6.07, 6.45) is 1.39. The average Bonchev–Trinajstić information content (AvgIpc) is 2.92. The van der Waals surface area contributed by atoms with Crippen molar-refractivity contribution < 1.29 is 18.0 Å².